The number of anilines is 1. The van der Waals surface area contributed by atoms with Crippen LogP contribution in [0.25, 0.3) is 0 Å². The van der Waals surface area contributed by atoms with E-state index in [0.29, 0.717) is 0 Å². The molecule has 6 nitrogen and oxygen atoms in total. The van der Waals surface area contributed by atoms with Crippen LogP contribution in [0.15, 0.2) is 17.1 Å². The largest absolute Gasteiger partial charge is 0.397 e. The van der Waals surface area contributed by atoms with Gasteiger partial charge >= 0.3 is 0 Å². The van der Waals surface area contributed by atoms with Crippen LogP contribution in [0.2, 0.25) is 0 Å². The second-order valence-corrected chi connectivity index (χ2v) is 5.24. The summed E-state index contributed by atoms with van der Waals surface area (Å²) >= 11 is 0. The van der Waals surface area contributed by atoms with E-state index >= 15 is 0 Å². The Kier molecular flexibility index (Phi) is 2.90. The highest BCUT2D eigenvalue weighted by atomic mass is 32.2. The normalized spacial score (nSPS) is 11.5. The number of hydrogen-bond donors (Lipinski definition) is 1. The van der Waals surface area contributed by atoms with Crippen LogP contribution in [0.1, 0.15) is 0 Å². The van der Waals surface area contributed by atoms with Gasteiger partial charge in [0.15, 0.2) is 0 Å². The molecule has 0 saturated heterocycles. The first-order valence-electron chi connectivity index (χ1n) is 3.89. The van der Waals surface area contributed by atoms with E-state index in [1.807, 2.05) is 0 Å². The van der Waals surface area contributed by atoms with E-state index in [2.05, 4.69) is 5.10 Å². The maximum absolute atomic E-state index is 11.2. The van der Waals surface area contributed by atoms with Gasteiger partial charge in [0.2, 0.25) is 0 Å². The van der Waals surface area contributed by atoms with Crippen LogP contribution in [-0.4, -0.2) is 30.2 Å². The van der Waals surface area contributed by atoms with Crippen LogP contribution in [0.5, 0.6) is 0 Å². The van der Waals surface area contributed by atoms with Gasteiger partial charge in [-0.05, 0) is 0 Å². The van der Waals surface area contributed by atoms with Gasteiger partial charge in [0.25, 0.3) is 5.56 Å². The molecule has 0 saturated carbocycles. The highest BCUT2D eigenvalue weighted by Crippen LogP contribution is 1.91. The fourth-order valence-electron chi connectivity index (χ4n) is 0.868. The van der Waals surface area contributed by atoms with Gasteiger partial charge in [-0.15, -0.1) is 0 Å². The summed E-state index contributed by atoms with van der Waals surface area (Å²) in [5.41, 5.74) is 5.19. The van der Waals surface area contributed by atoms with E-state index in [9.17, 15) is 13.2 Å². The third-order valence-electron chi connectivity index (χ3n) is 1.56. The quantitative estimate of drug-likeness (QED) is 0.691. The lowest BCUT2D eigenvalue weighted by Gasteiger charge is -2.02. The van der Waals surface area contributed by atoms with Gasteiger partial charge in [0.1, 0.15) is 9.84 Å². The first-order chi connectivity index (χ1) is 6.38. The Hall–Kier alpha value is -1.37. The molecule has 0 spiro atoms. The molecular formula is C7H11N3O3S. The number of nitrogens with two attached hydrogens (primary N) is 1. The number of aryl methyl sites for hydroxylation is 1. The van der Waals surface area contributed by atoms with E-state index in [4.69, 9.17) is 5.73 Å². The summed E-state index contributed by atoms with van der Waals surface area (Å²) in [6, 6.07) is 1.20. The zero-order valence-electron chi connectivity index (χ0n) is 7.67. The Morgan fingerprint density at radius 3 is 2.71 bits per heavy atom. The van der Waals surface area contributed by atoms with E-state index in [0.717, 1.165) is 10.9 Å². The average molecular weight is 217 g/mol. The van der Waals surface area contributed by atoms with Crippen molar-refractivity contribution in [2.75, 3.05) is 17.7 Å². The van der Waals surface area contributed by atoms with Crippen molar-refractivity contribution in [1.82, 2.24) is 9.78 Å². The molecule has 0 radical (unpaired) electrons. The molecule has 78 valence electrons. The van der Waals surface area contributed by atoms with Crippen LogP contribution in [-0.2, 0) is 16.4 Å². The first-order valence-corrected chi connectivity index (χ1v) is 5.95. The number of nitrogens with zero attached hydrogens (tertiary/aromatic N) is 2. The third-order valence-corrected chi connectivity index (χ3v) is 2.49. The highest BCUT2D eigenvalue weighted by Gasteiger charge is 2.04. The summed E-state index contributed by atoms with van der Waals surface area (Å²) in [6.07, 6.45) is 2.42. The topological polar surface area (TPSA) is 95.1 Å². The third kappa shape index (κ3) is 3.17. The Balaban J connectivity index is 2.84. The second-order valence-electron chi connectivity index (χ2n) is 2.98. The molecule has 0 aliphatic heterocycles. The Bertz CT molecular complexity index is 477. The molecule has 0 unspecified atom stereocenters. The maximum Gasteiger partial charge on any atom is 0.268 e. The molecular weight excluding hydrogens is 206 g/mol. The van der Waals surface area contributed by atoms with Crippen LogP contribution in [0.3, 0.4) is 0 Å². The highest BCUT2D eigenvalue weighted by molar-refractivity contribution is 7.90. The van der Waals surface area contributed by atoms with Gasteiger partial charge in [-0.3, -0.25) is 4.79 Å². The molecule has 0 atom stereocenters. The van der Waals surface area contributed by atoms with Crippen molar-refractivity contribution in [1.29, 1.82) is 0 Å². The molecule has 0 amide bonds. The van der Waals surface area contributed by atoms with Crippen molar-refractivity contribution >= 4 is 15.5 Å². The standard InChI is InChI=1S/C7H11N3O3S/c1-14(12,13)3-2-10-7(11)4-6(8)5-9-10/h4-5H,2-3,8H2,1H3. The molecule has 14 heavy (non-hydrogen) atoms. The number of nitrogen functional groups attached to an aromatic ring is 1. The van der Waals surface area contributed by atoms with Crippen LogP contribution in [0, 0.1) is 0 Å². The molecule has 2 N–H and O–H groups in total. The van der Waals surface area contributed by atoms with Crippen LogP contribution < -0.4 is 11.3 Å². The molecule has 0 aromatic carbocycles. The van der Waals surface area contributed by atoms with Gasteiger partial charge in [-0.2, -0.15) is 5.10 Å². The SMILES string of the molecule is CS(=O)(=O)CCn1ncc(N)cc1=O. The Morgan fingerprint density at radius 1 is 1.57 bits per heavy atom. The predicted molar refractivity (Wildman–Crippen MR) is 52.6 cm³/mol. The summed E-state index contributed by atoms with van der Waals surface area (Å²) in [5.74, 6) is -0.107. The lowest BCUT2D eigenvalue weighted by atomic mass is 10.5. The fourth-order valence-corrected chi connectivity index (χ4v) is 1.37. The van der Waals surface area contributed by atoms with Crippen molar-refractivity contribution in [3.8, 4) is 0 Å². The van der Waals surface area contributed by atoms with E-state index < -0.39 is 15.4 Å². The van der Waals surface area contributed by atoms with Crippen molar-refractivity contribution in [3.05, 3.63) is 22.6 Å². The Morgan fingerprint density at radius 2 is 2.21 bits per heavy atom. The van der Waals surface area contributed by atoms with Crippen LogP contribution >= 0.6 is 0 Å². The maximum atomic E-state index is 11.2. The lowest BCUT2D eigenvalue weighted by Crippen LogP contribution is -2.25. The minimum Gasteiger partial charge on any atom is -0.397 e. The number of hydrogen-bond acceptors (Lipinski definition) is 5. The molecule has 1 aromatic heterocycles. The zero-order chi connectivity index (χ0) is 10.8. The minimum absolute atomic E-state index is 0.0535. The van der Waals surface area contributed by atoms with Gasteiger partial charge < -0.3 is 5.73 Å². The molecule has 0 aliphatic rings. The second kappa shape index (κ2) is 3.79. The lowest BCUT2D eigenvalue weighted by molar-refractivity contribution is 0.576. The summed E-state index contributed by atoms with van der Waals surface area (Å²) in [7, 11) is -3.08. The average Bonchev–Trinajstić information content (AvgIpc) is 2.00. The van der Waals surface area contributed by atoms with Gasteiger partial charge in [-0.1, -0.05) is 0 Å². The van der Waals surface area contributed by atoms with Crippen molar-refractivity contribution < 1.29 is 8.42 Å². The molecule has 0 bridgehead atoms. The van der Waals surface area contributed by atoms with Crippen molar-refractivity contribution in [2.45, 2.75) is 6.54 Å². The summed E-state index contributed by atoms with van der Waals surface area (Å²) in [6.45, 7) is 0.0535. The van der Waals surface area contributed by atoms with E-state index in [1.54, 1.807) is 0 Å². The van der Waals surface area contributed by atoms with E-state index in [1.165, 1.54) is 12.3 Å². The molecule has 7 heteroatoms. The minimum atomic E-state index is -3.08. The Labute approximate surface area is 81.3 Å². The number of aromatic nitrogens is 2. The van der Waals surface area contributed by atoms with Crippen molar-refractivity contribution in [3.63, 3.8) is 0 Å². The smallest absolute Gasteiger partial charge is 0.268 e. The van der Waals surface area contributed by atoms with Gasteiger partial charge in [0, 0.05) is 12.3 Å². The summed E-state index contributed by atoms with van der Waals surface area (Å²) in [5, 5.41) is 3.70. The predicted octanol–water partition coefficient (Wildman–Crippen LogP) is -1.13. The van der Waals surface area contributed by atoms with E-state index in [-0.39, 0.29) is 18.0 Å². The van der Waals surface area contributed by atoms with Crippen molar-refractivity contribution in [2.24, 2.45) is 0 Å². The molecule has 0 aliphatic carbocycles. The van der Waals surface area contributed by atoms with Gasteiger partial charge in [0.05, 0.1) is 24.2 Å². The van der Waals surface area contributed by atoms with Crippen LogP contribution in [0.4, 0.5) is 5.69 Å². The summed E-state index contributed by atoms with van der Waals surface area (Å²) < 4.78 is 22.7. The monoisotopic (exact) mass is 217 g/mol. The summed E-state index contributed by atoms with van der Waals surface area (Å²) in [4.78, 5) is 11.2. The number of rotatable bonds is 3. The fraction of sp³-hybridized carbons (Fsp3) is 0.429. The molecule has 1 heterocycles. The molecule has 1 rings (SSSR count). The first kappa shape index (κ1) is 10.7. The molecule has 0 fully saturated rings. The van der Waals surface area contributed by atoms with Gasteiger partial charge in [-0.25, -0.2) is 13.1 Å². The molecule has 1 aromatic rings. The number of sulfone groups is 1. The zero-order valence-corrected chi connectivity index (χ0v) is 8.49.